The molecule has 0 aliphatic heterocycles. The Morgan fingerprint density at radius 3 is 1.04 bits per heavy atom. The number of halogens is 16. The van der Waals surface area contributed by atoms with E-state index in [0.717, 1.165) is 6.92 Å². The number of hydrogen-bond acceptors (Lipinski definition) is 6. The van der Waals surface area contributed by atoms with Gasteiger partial charge < -0.3 is 18.9 Å². The van der Waals surface area contributed by atoms with Crippen LogP contribution in [0.5, 0.6) is 0 Å². The topological polar surface area (TPSA) is 71.1 Å². The lowest BCUT2D eigenvalue weighted by Gasteiger charge is -2.36. The van der Waals surface area contributed by atoms with Crippen LogP contribution < -0.4 is 0 Å². The van der Waals surface area contributed by atoms with Gasteiger partial charge in [0.2, 0.25) is 0 Å². The van der Waals surface area contributed by atoms with Gasteiger partial charge in [-0.25, -0.2) is 9.59 Å². The summed E-state index contributed by atoms with van der Waals surface area (Å²) in [5.41, 5.74) is -0.486. The second-order valence-corrected chi connectivity index (χ2v) is 8.24. The van der Waals surface area contributed by atoms with Crippen LogP contribution in [0.4, 0.5) is 70.2 Å². The molecule has 0 amide bonds. The molecule has 0 unspecified atom stereocenters. The minimum absolute atomic E-state index is 0.242. The summed E-state index contributed by atoms with van der Waals surface area (Å²) in [6.07, 6.45) is 0.778. The van der Waals surface area contributed by atoms with E-state index in [2.05, 4.69) is 45.3 Å². The molecule has 0 fully saturated rings. The van der Waals surface area contributed by atoms with Crippen molar-refractivity contribution in [3.8, 4) is 0 Å². The highest BCUT2D eigenvalue weighted by Gasteiger charge is 2.82. The van der Waals surface area contributed by atoms with Crippen molar-refractivity contribution in [1.82, 2.24) is 0 Å². The van der Waals surface area contributed by atoms with E-state index in [1.165, 1.54) is 0 Å². The van der Waals surface area contributed by atoms with E-state index in [1.807, 2.05) is 0 Å². The smallest absolute Gasteiger partial charge is 0.381 e. The van der Waals surface area contributed by atoms with Gasteiger partial charge in [0.1, 0.15) is 0 Å². The summed E-state index contributed by atoms with van der Waals surface area (Å²) in [7, 11) is 0. The number of ether oxygens (including phenoxy) is 4. The molecular formula is C23H22F16O6. The molecular weight excluding hydrogens is 676 g/mol. The first-order valence-corrected chi connectivity index (χ1v) is 11.0. The number of esters is 2. The first-order valence-electron chi connectivity index (χ1n) is 11.0. The van der Waals surface area contributed by atoms with Crippen LogP contribution in [0.3, 0.4) is 0 Å². The van der Waals surface area contributed by atoms with Crippen molar-refractivity contribution >= 4 is 11.9 Å². The molecule has 0 heterocycles. The van der Waals surface area contributed by atoms with Crippen molar-refractivity contribution in [3.05, 3.63) is 50.5 Å². The molecule has 0 spiro atoms. The third-order valence-electron chi connectivity index (χ3n) is 4.69. The largest absolute Gasteiger partial charge is 0.495 e. The van der Waals surface area contributed by atoms with Crippen LogP contribution in [0.15, 0.2) is 50.5 Å². The summed E-state index contributed by atoms with van der Waals surface area (Å²) in [6.45, 7) is 2.39. The Labute approximate surface area is 242 Å². The van der Waals surface area contributed by atoms with Gasteiger partial charge in [0.15, 0.2) is 26.4 Å². The number of rotatable bonds is 18. The minimum Gasteiger partial charge on any atom is -0.495 e. The maximum atomic E-state index is 13.3. The third kappa shape index (κ3) is 9.68. The zero-order chi connectivity index (χ0) is 36.5. The molecule has 0 aliphatic carbocycles. The summed E-state index contributed by atoms with van der Waals surface area (Å²) < 4.78 is 225. The minimum atomic E-state index is -6.54. The Bertz CT molecular complexity index is 1070. The summed E-state index contributed by atoms with van der Waals surface area (Å²) >= 11 is 0. The molecule has 45 heavy (non-hydrogen) atoms. The lowest BCUT2D eigenvalue weighted by atomic mass is 9.99. The molecule has 262 valence electrons. The Kier molecular flexibility index (Phi) is 14.6. The quantitative estimate of drug-likeness (QED) is 0.0652. The van der Waals surface area contributed by atoms with Crippen LogP contribution in [-0.2, 0) is 28.5 Å². The van der Waals surface area contributed by atoms with Crippen LogP contribution >= 0.6 is 0 Å². The van der Waals surface area contributed by atoms with Crippen molar-refractivity contribution in [2.75, 3.05) is 26.4 Å². The number of carbonyl (C=O) groups excluding carboxylic acids is 2. The van der Waals surface area contributed by atoms with Crippen molar-refractivity contribution in [3.63, 3.8) is 0 Å². The molecule has 0 bridgehead atoms. The fourth-order valence-electron chi connectivity index (χ4n) is 2.11. The molecule has 0 saturated carbocycles. The molecule has 0 aromatic heterocycles. The Hall–Kier alpha value is -3.62. The van der Waals surface area contributed by atoms with Gasteiger partial charge in [-0.15, -0.1) is 0 Å². The summed E-state index contributed by atoms with van der Waals surface area (Å²) in [5, 5.41) is 0. The zero-order valence-electron chi connectivity index (χ0n) is 22.4. The lowest BCUT2D eigenvalue weighted by Crippen LogP contribution is -2.64. The standard InChI is InChI=1S/C12H12F8O3.C11H10F8O3/c1-4-22-5-9(13,14)11(17,18)12(19,20)10(15,16)6-23-8(21)7(2)3;1-3-7(20)22-6-9(14,15)11(18,19)10(16,17)8(12,13)5-21-4-2/h4H,1-2,5-6H2,3H3;3-4H,1-2,5-6H2. The van der Waals surface area contributed by atoms with Gasteiger partial charge in [-0.05, 0) is 6.92 Å². The van der Waals surface area contributed by atoms with E-state index >= 15 is 0 Å². The van der Waals surface area contributed by atoms with Gasteiger partial charge in [-0.3, -0.25) is 0 Å². The fourth-order valence-corrected chi connectivity index (χ4v) is 2.11. The van der Waals surface area contributed by atoms with Crippen molar-refractivity contribution < 1.29 is 98.8 Å². The molecule has 22 heteroatoms. The van der Waals surface area contributed by atoms with E-state index < -0.39 is 91.3 Å². The predicted molar refractivity (Wildman–Crippen MR) is 119 cm³/mol. The molecule has 0 aliphatic rings. The van der Waals surface area contributed by atoms with E-state index in [-0.39, 0.29) is 12.5 Å². The average Bonchev–Trinajstić information content (AvgIpc) is 2.91. The van der Waals surface area contributed by atoms with E-state index in [9.17, 15) is 79.8 Å². The molecule has 0 N–H and O–H groups in total. The van der Waals surface area contributed by atoms with Gasteiger partial charge in [0.25, 0.3) is 0 Å². The van der Waals surface area contributed by atoms with Gasteiger partial charge >= 0.3 is 59.3 Å². The molecule has 0 rings (SSSR count). The van der Waals surface area contributed by atoms with E-state index in [1.54, 1.807) is 0 Å². The van der Waals surface area contributed by atoms with Gasteiger partial charge in [-0.2, -0.15) is 70.2 Å². The normalized spacial score (nSPS) is 13.4. The van der Waals surface area contributed by atoms with Crippen LogP contribution in [0.1, 0.15) is 6.92 Å². The maximum absolute atomic E-state index is 13.3. The number of alkyl halides is 16. The zero-order valence-corrected chi connectivity index (χ0v) is 22.4. The van der Waals surface area contributed by atoms with Gasteiger partial charge in [0.05, 0.1) is 12.5 Å². The maximum Gasteiger partial charge on any atom is 0.381 e. The molecule has 0 aromatic rings. The molecule has 0 aromatic carbocycles. The van der Waals surface area contributed by atoms with Crippen LogP contribution in [0, 0.1) is 0 Å². The SMILES string of the molecule is C=COCC(F)(F)C(F)(F)C(F)(F)C(F)(F)COC(=O)C(=C)C.C=COCC(F)(F)C(F)(F)C(F)(F)C(F)(F)COC(=O)C=C. The van der Waals surface area contributed by atoms with Crippen LogP contribution in [-0.4, -0.2) is 85.7 Å². The summed E-state index contributed by atoms with van der Waals surface area (Å²) in [6, 6.07) is 0. The van der Waals surface area contributed by atoms with Crippen molar-refractivity contribution in [1.29, 1.82) is 0 Å². The third-order valence-corrected chi connectivity index (χ3v) is 4.69. The molecule has 0 radical (unpaired) electrons. The summed E-state index contributed by atoms with van der Waals surface area (Å²) in [5.74, 6) is -52.1. The van der Waals surface area contributed by atoms with Gasteiger partial charge in [-0.1, -0.05) is 26.3 Å². The fraction of sp³-hybridized carbons (Fsp3) is 0.565. The highest BCUT2D eigenvalue weighted by atomic mass is 19.4. The Balaban J connectivity index is 0. The van der Waals surface area contributed by atoms with E-state index in [0.29, 0.717) is 6.08 Å². The first-order chi connectivity index (χ1) is 19.9. The molecule has 0 atom stereocenters. The first kappa shape index (κ1) is 43.5. The highest BCUT2D eigenvalue weighted by Crippen LogP contribution is 2.54. The second-order valence-electron chi connectivity index (χ2n) is 8.24. The monoisotopic (exact) mass is 698 g/mol. The lowest BCUT2D eigenvalue weighted by molar-refractivity contribution is -0.374. The number of carbonyl (C=O) groups is 2. The molecule has 6 nitrogen and oxygen atoms in total. The second kappa shape index (κ2) is 15.1. The van der Waals surface area contributed by atoms with Crippen LogP contribution in [0.2, 0.25) is 0 Å². The Morgan fingerprint density at radius 2 is 0.800 bits per heavy atom. The van der Waals surface area contributed by atoms with Crippen molar-refractivity contribution in [2.24, 2.45) is 0 Å². The number of hydrogen-bond donors (Lipinski definition) is 0. The van der Waals surface area contributed by atoms with E-state index in [4.69, 9.17) is 0 Å². The predicted octanol–water partition coefficient (Wildman–Crippen LogP) is 7.22. The van der Waals surface area contributed by atoms with Crippen LogP contribution in [0.25, 0.3) is 0 Å². The van der Waals surface area contributed by atoms with Crippen molar-refractivity contribution in [2.45, 2.75) is 54.3 Å². The average molecular weight is 698 g/mol. The highest BCUT2D eigenvalue weighted by molar-refractivity contribution is 5.86. The Morgan fingerprint density at radius 1 is 0.533 bits per heavy atom. The molecule has 0 saturated heterocycles. The summed E-state index contributed by atoms with van der Waals surface area (Å²) in [4.78, 5) is 21.3. The van der Waals surface area contributed by atoms with Gasteiger partial charge in [0, 0.05) is 11.6 Å².